The molecule has 1 amide bonds. The van der Waals surface area contributed by atoms with E-state index in [0.717, 1.165) is 11.1 Å². The van der Waals surface area contributed by atoms with Crippen molar-refractivity contribution in [3.8, 4) is 0 Å². The fourth-order valence-corrected chi connectivity index (χ4v) is 3.23. The molecule has 1 aromatic carbocycles. The van der Waals surface area contributed by atoms with Crippen LogP contribution in [0.25, 0.3) is 10.9 Å². The van der Waals surface area contributed by atoms with Crippen molar-refractivity contribution in [2.45, 2.75) is 19.4 Å². The van der Waals surface area contributed by atoms with Crippen LogP contribution in [0.1, 0.15) is 22.5 Å². The Balaban J connectivity index is 1.51. The van der Waals surface area contributed by atoms with Crippen molar-refractivity contribution < 1.29 is 14.3 Å². The number of anilines is 1. The number of carbonyl (C=O) groups is 2. The first-order chi connectivity index (χ1) is 12.5. The summed E-state index contributed by atoms with van der Waals surface area (Å²) in [6, 6.07) is 10.8. The molecule has 3 aromatic rings. The zero-order valence-electron chi connectivity index (χ0n) is 14.5. The maximum Gasteiger partial charge on any atom is 0.338 e. The van der Waals surface area contributed by atoms with E-state index in [-0.39, 0.29) is 5.91 Å². The number of fused-ring (bicyclic) bond motifs is 1. The Kier molecular flexibility index (Phi) is 3.91. The van der Waals surface area contributed by atoms with Gasteiger partial charge in [0.1, 0.15) is 5.82 Å². The predicted molar refractivity (Wildman–Crippen MR) is 95.9 cm³/mol. The molecule has 7 nitrogen and oxygen atoms in total. The summed E-state index contributed by atoms with van der Waals surface area (Å²) < 4.78 is 7.13. The molecule has 2 aromatic heterocycles. The molecule has 0 N–H and O–H groups in total. The van der Waals surface area contributed by atoms with Gasteiger partial charge in [0.15, 0.2) is 6.10 Å². The Morgan fingerprint density at radius 1 is 1.27 bits per heavy atom. The van der Waals surface area contributed by atoms with Crippen molar-refractivity contribution in [1.29, 1.82) is 0 Å². The van der Waals surface area contributed by atoms with Gasteiger partial charge in [-0.05, 0) is 25.1 Å². The number of carbonyl (C=O) groups excluding carboxylic acids is 2. The number of benzene rings is 1. The number of pyridine rings is 1. The summed E-state index contributed by atoms with van der Waals surface area (Å²) in [5.74, 6) is -0.0276. The largest absolute Gasteiger partial charge is 0.449 e. The Morgan fingerprint density at radius 3 is 2.88 bits per heavy atom. The summed E-state index contributed by atoms with van der Waals surface area (Å²) in [4.78, 5) is 31.0. The van der Waals surface area contributed by atoms with Gasteiger partial charge in [0.05, 0.1) is 16.8 Å². The molecule has 26 heavy (non-hydrogen) atoms. The van der Waals surface area contributed by atoms with Crippen molar-refractivity contribution >= 4 is 28.6 Å². The number of aryl methyl sites for hydroxylation is 2. The summed E-state index contributed by atoms with van der Waals surface area (Å²) in [5.41, 5.74) is 1.94. The van der Waals surface area contributed by atoms with Crippen LogP contribution in [0.15, 0.2) is 42.6 Å². The molecule has 1 fully saturated rings. The summed E-state index contributed by atoms with van der Waals surface area (Å²) in [5, 5.41) is 5.20. The quantitative estimate of drug-likeness (QED) is 0.677. The molecule has 1 atom stereocenters. The highest BCUT2D eigenvalue weighted by Crippen LogP contribution is 2.24. The van der Waals surface area contributed by atoms with Gasteiger partial charge in [-0.15, -0.1) is 0 Å². The molecule has 0 spiro atoms. The van der Waals surface area contributed by atoms with Crippen molar-refractivity contribution in [3.63, 3.8) is 0 Å². The average molecular weight is 350 g/mol. The van der Waals surface area contributed by atoms with Gasteiger partial charge in [0.25, 0.3) is 5.91 Å². The highest BCUT2D eigenvalue weighted by molar-refractivity contribution is 6.01. The van der Waals surface area contributed by atoms with Crippen LogP contribution in [0, 0.1) is 6.92 Å². The predicted octanol–water partition coefficient (Wildman–Crippen LogP) is 2.24. The van der Waals surface area contributed by atoms with Gasteiger partial charge < -0.3 is 4.74 Å². The second kappa shape index (κ2) is 6.25. The minimum atomic E-state index is -0.780. The first kappa shape index (κ1) is 16.3. The van der Waals surface area contributed by atoms with E-state index >= 15 is 0 Å². The van der Waals surface area contributed by atoms with Crippen molar-refractivity contribution in [2.75, 3.05) is 11.4 Å². The van der Waals surface area contributed by atoms with Crippen LogP contribution in [-0.4, -0.2) is 39.3 Å². The zero-order valence-corrected chi connectivity index (χ0v) is 14.5. The van der Waals surface area contributed by atoms with Gasteiger partial charge in [0.2, 0.25) is 0 Å². The van der Waals surface area contributed by atoms with Crippen LogP contribution in [-0.2, 0) is 16.6 Å². The third-order valence-corrected chi connectivity index (χ3v) is 4.50. The standard InChI is InChI=1S/C19H18N4O3/c1-12-10-17(22(2)21-12)23-9-7-16(18(23)24)26-19(25)14-6-5-13-4-3-8-20-15(13)11-14/h3-6,8,10-11,16H,7,9H2,1-2H3. The molecule has 0 bridgehead atoms. The fraction of sp³-hybridized carbons (Fsp3) is 0.263. The van der Waals surface area contributed by atoms with Gasteiger partial charge in [-0.3, -0.25) is 19.4 Å². The number of aromatic nitrogens is 3. The fourth-order valence-electron chi connectivity index (χ4n) is 3.23. The van der Waals surface area contributed by atoms with Crippen LogP contribution >= 0.6 is 0 Å². The van der Waals surface area contributed by atoms with Crippen LogP contribution in [0.4, 0.5) is 5.82 Å². The molecule has 7 heteroatoms. The number of rotatable bonds is 3. The number of ether oxygens (including phenoxy) is 1. The first-order valence-corrected chi connectivity index (χ1v) is 8.41. The van der Waals surface area contributed by atoms with Crippen molar-refractivity contribution in [2.24, 2.45) is 7.05 Å². The van der Waals surface area contributed by atoms with Gasteiger partial charge in [-0.2, -0.15) is 5.10 Å². The Morgan fingerprint density at radius 2 is 2.12 bits per heavy atom. The minimum absolute atomic E-state index is 0.222. The Hall–Kier alpha value is -3.22. The molecular formula is C19H18N4O3. The zero-order chi connectivity index (χ0) is 18.3. The topological polar surface area (TPSA) is 77.3 Å². The van der Waals surface area contributed by atoms with E-state index in [1.54, 1.807) is 35.0 Å². The number of esters is 1. The second-order valence-electron chi connectivity index (χ2n) is 6.35. The normalized spacial score (nSPS) is 17.1. The second-order valence-corrected chi connectivity index (χ2v) is 6.35. The van der Waals surface area contributed by atoms with E-state index in [1.807, 2.05) is 31.2 Å². The van der Waals surface area contributed by atoms with E-state index in [0.29, 0.717) is 29.9 Å². The third kappa shape index (κ3) is 2.81. The molecule has 0 saturated carbocycles. The minimum Gasteiger partial charge on any atom is -0.449 e. The lowest BCUT2D eigenvalue weighted by Gasteiger charge is -2.16. The number of nitrogens with zero attached hydrogens (tertiary/aromatic N) is 4. The van der Waals surface area contributed by atoms with E-state index in [4.69, 9.17) is 4.74 Å². The maximum absolute atomic E-state index is 12.6. The van der Waals surface area contributed by atoms with Crippen molar-refractivity contribution in [3.05, 3.63) is 53.9 Å². The molecule has 4 rings (SSSR count). The SMILES string of the molecule is Cc1cc(N2CCC(OC(=O)c3ccc4cccnc4c3)C2=O)n(C)n1. The molecule has 1 unspecified atom stereocenters. The summed E-state index contributed by atoms with van der Waals surface area (Å²) in [6.45, 7) is 2.37. The van der Waals surface area contributed by atoms with Gasteiger partial charge in [0, 0.05) is 37.7 Å². The lowest BCUT2D eigenvalue weighted by atomic mass is 10.1. The van der Waals surface area contributed by atoms with E-state index in [2.05, 4.69) is 10.1 Å². The third-order valence-electron chi connectivity index (χ3n) is 4.50. The summed E-state index contributed by atoms with van der Waals surface area (Å²) in [7, 11) is 1.79. The van der Waals surface area contributed by atoms with Crippen LogP contribution in [0.5, 0.6) is 0 Å². The average Bonchev–Trinajstić information content (AvgIpc) is 3.16. The summed E-state index contributed by atoms with van der Waals surface area (Å²) in [6.07, 6.45) is 1.35. The Labute approximate surface area is 150 Å². The van der Waals surface area contributed by atoms with Gasteiger partial charge >= 0.3 is 5.97 Å². The van der Waals surface area contributed by atoms with E-state index in [1.165, 1.54) is 0 Å². The van der Waals surface area contributed by atoms with Crippen LogP contribution in [0.3, 0.4) is 0 Å². The smallest absolute Gasteiger partial charge is 0.338 e. The van der Waals surface area contributed by atoms with Gasteiger partial charge in [-0.25, -0.2) is 4.79 Å². The van der Waals surface area contributed by atoms with E-state index < -0.39 is 12.1 Å². The monoisotopic (exact) mass is 350 g/mol. The number of hydrogen-bond acceptors (Lipinski definition) is 5. The molecule has 3 heterocycles. The van der Waals surface area contributed by atoms with Crippen LogP contribution in [0.2, 0.25) is 0 Å². The molecule has 1 aliphatic heterocycles. The van der Waals surface area contributed by atoms with E-state index in [9.17, 15) is 9.59 Å². The van der Waals surface area contributed by atoms with Crippen molar-refractivity contribution in [1.82, 2.24) is 14.8 Å². The highest BCUT2D eigenvalue weighted by Gasteiger charge is 2.37. The lowest BCUT2D eigenvalue weighted by Crippen LogP contribution is -2.33. The molecule has 1 saturated heterocycles. The molecule has 0 aliphatic carbocycles. The maximum atomic E-state index is 12.6. The summed E-state index contributed by atoms with van der Waals surface area (Å²) >= 11 is 0. The molecule has 0 radical (unpaired) electrons. The van der Waals surface area contributed by atoms with Crippen LogP contribution < -0.4 is 4.90 Å². The van der Waals surface area contributed by atoms with Gasteiger partial charge in [-0.1, -0.05) is 12.1 Å². The lowest BCUT2D eigenvalue weighted by molar-refractivity contribution is -0.124. The first-order valence-electron chi connectivity index (χ1n) is 8.41. The molecule has 132 valence electrons. The molecule has 1 aliphatic rings. The Bertz CT molecular complexity index is 1010. The molecular weight excluding hydrogens is 332 g/mol. The number of amides is 1. The number of hydrogen-bond donors (Lipinski definition) is 0. The highest BCUT2D eigenvalue weighted by atomic mass is 16.5.